The molecule has 0 saturated heterocycles. The van der Waals surface area contributed by atoms with Gasteiger partial charge in [0, 0.05) is 12.5 Å². The number of hydrogen-bond acceptors (Lipinski definition) is 2. The monoisotopic (exact) mass is 233 g/mol. The summed E-state index contributed by atoms with van der Waals surface area (Å²) in [6, 6.07) is 8.33. The average Bonchev–Trinajstić information content (AvgIpc) is 2.26. The maximum Gasteiger partial charge on any atom is 0.220 e. The zero-order valence-corrected chi connectivity index (χ0v) is 10.1. The lowest BCUT2D eigenvalue weighted by Gasteiger charge is -2.31. The molecule has 2 rings (SSSR count). The molecule has 1 saturated carbocycles. The molecule has 92 valence electrons. The summed E-state index contributed by atoms with van der Waals surface area (Å²) in [6.07, 6.45) is 2.51. The van der Waals surface area contributed by atoms with E-state index in [1.807, 2.05) is 12.1 Å². The number of carbonyl (C=O) groups is 1. The summed E-state index contributed by atoms with van der Waals surface area (Å²) in [4.78, 5) is 11.6. The fourth-order valence-electron chi connectivity index (χ4n) is 2.14. The van der Waals surface area contributed by atoms with Gasteiger partial charge in [0.15, 0.2) is 0 Å². The third kappa shape index (κ3) is 3.30. The van der Waals surface area contributed by atoms with Crippen LogP contribution in [0.2, 0.25) is 0 Å². The molecular formula is C14H19NO2. The molecule has 0 spiro atoms. The van der Waals surface area contributed by atoms with E-state index in [-0.39, 0.29) is 18.1 Å². The number of aryl methyl sites for hydroxylation is 2. The van der Waals surface area contributed by atoms with Crippen LogP contribution in [0.3, 0.4) is 0 Å². The number of aliphatic hydroxyl groups excluding tert-OH is 1. The van der Waals surface area contributed by atoms with Crippen LogP contribution in [0, 0.1) is 6.92 Å². The molecule has 0 bridgehead atoms. The standard InChI is InChI=1S/C14H19NO2/c1-10-4-2-3-5-11(10)6-7-14(17)15-12-8-13(16)9-12/h2-5,12-13,16H,6-9H2,1H3,(H,15,17). The van der Waals surface area contributed by atoms with Crippen LogP contribution in [0.5, 0.6) is 0 Å². The molecule has 17 heavy (non-hydrogen) atoms. The number of benzene rings is 1. The topological polar surface area (TPSA) is 49.3 Å². The van der Waals surface area contributed by atoms with Crippen LogP contribution in [0.25, 0.3) is 0 Å². The molecule has 2 N–H and O–H groups in total. The van der Waals surface area contributed by atoms with Crippen LogP contribution < -0.4 is 5.32 Å². The third-order valence-electron chi connectivity index (χ3n) is 3.36. The smallest absolute Gasteiger partial charge is 0.220 e. The second-order valence-electron chi connectivity index (χ2n) is 4.82. The number of carbonyl (C=O) groups excluding carboxylic acids is 1. The van der Waals surface area contributed by atoms with E-state index in [1.54, 1.807) is 0 Å². The first kappa shape index (κ1) is 12.1. The summed E-state index contributed by atoms with van der Waals surface area (Å²) < 4.78 is 0. The van der Waals surface area contributed by atoms with Gasteiger partial charge < -0.3 is 10.4 Å². The molecule has 1 aromatic rings. The van der Waals surface area contributed by atoms with E-state index in [0.717, 1.165) is 6.42 Å². The number of rotatable bonds is 4. The van der Waals surface area contributed by atoms with Crippen LogP contribution in [0.1, 0.15) is 30.4 Å². The van der Waals surface area contributed by atoms with E-state index in [9.17, 15) is 4.79 Å². The molecule has 0 atom stereocenters. The predicted octanol–water partition coefficient (Wildman–Crippen LogP) is 1.57. The van der Waals surface area contributed by atoms with E-state index >= 15 is 0 Å². The van der Waals surface area contributed by atoms with Crippen molar-refractivity contribution < 1.29 is 9.90 Å². The quantitative estimate of drug-likeness (QED) is 0.829. The first-order valence-electron chi connectivity index (χ1n) is 6.17. The molecule has 1 aromatic carbocycles. The molecule has 1 fully saturated rings. The van der Waals surface area contributed by atoms with Crippen molar-refractivity contribution in [3.8, 4) is 0 Å². The fraction of sp³-hybridized carbons (Fsp3) is 0.500. The van der Waals surface area contributed by atoms with Crippen LogP contribution in [-0.4, -0.2) is 23.2 Å². The van der Waals surface area contributed by atoms with Crippen LogP contribution in [-0.2, 0) is 11.2 Å². The fourth-order valence-corrected chi connectivity index (χ4v) is 2.14. The zero-order chi connectivity index (χ0) is 12.3. The van der Waals surface area contributed by atoms with Crippen LogP contribution in [0.4, 0.5) is 0 Å². The van der Waals surface area contributed by atoms with E-state index in [2.05, 4.69) is 24.4 Å². The van der Waals surface area contributed by atoms with Crippen LogP contribution >= 0.6 is 0 Å². The molecule has 3 nitrogen and oxygen atoms in total. The Morgan fingerprint density at radius 1 is 1.41 bits per heavy atom. The predicted molar refractivity (Wildman–Crippen MR) is 66.7 cm³/mol. The van der Waals surface area contributed by atoms with E-state index in [4.69, 9.17) is 5.11 Å². The van der Waals surface area contributed by atoms with Crippen molar-refractivity contribution in [2.45, 2.75) is 44.8 Å². The van der Waals surface area contributed by atoms with Gasteiger partial charge in [-0.3, -0.25) is 4.79 Å². The molecule has 1 aliphatic rings. The normalized spacial score (nSPS) is 22.9. The molecule has 0 radical (unpaired) electrons. The summed E-state index contributed by atoms with van der Waals surface area (Å²) in [5.74, 6) is 0.0881. The van der Waals surface area contributed by atoms with Gasteiger partial charge in [0.1, 0.15) is 0 Å². The minimum atomic E-state index is -0.211. The zero-order valence-electron chi connectivity index (χ0n) is 10.1. The summed E-state index contributed by atoms with van der Waals surface area (Å²) in [6.45, 7) is 2.07. The van der Waals surface area contributed by atoms with Gasteiger partial charge in [0.2, 0.25) is 5.91 Å². The van der Waals surface area contributed by atoms with E-state index in [1.165, 1.54) is 11.1 Å². The Balaban J connectivity index is 1.75. The lowest BCUT2D eigenvalue weighted by atomic mass is 9.89. The van der Waals surface area contributed by atoms with Gasteiger partial charge in [-0.05, 0) is 37.3 Å². The summed E-state index contributed by atoms with van der Waals surface area (Å²) in [5, 5.41) is 12.1. The number of aliphatic hydroxyl groups is 1. The minimum absolute atomic E-state index is 0.0881. The average molecular weight is 233 g/mol. The molecule has 1 aliphatic carbocycles. The first-order chi connectivity index (χ1) is 8.15. The second kappa shape index (κ2) is 5.32. The number of hydrogen-bond donors (Lipinski definition) is 2. The highest BCUT2D eigenvalue weighted by molar-refractivity contribution is 5.76. The van der Waals surface area contributed by atoms with Crippen molar-refractivity contribution in [1.29, 1.82) is 0 Å². The van der Waals surface area contributed by atoms with Crippen molar-refractivity contribution in [3.63, 3.8) is 0 Å². The van der Waals surface area contributed by atoms with Gasteiger partial charge >= 0.3 is 0 Å². The SMILES string of the molecule is Cc1ccccc1CCC(=O)NC1CC(O)C1. The maximum absolute atomic E-state index is 11.6. The van der Waals surface area contributed by atoms with Crippen molar-refractivity contribution in [2.24, 2.45) is 0 Å². The van der Waals surface area contributed by atoms with Gasteiger partial charge in [-0.15, -0.1) is 0 Å². The van der Waals surface area contributed by atoms with Gasteiger partial charge in [-0.2, -0.15) is 0 Å². The lowest BCUT2D eigenvalue weighted by molar-refractivity contribution is -0.123. The Morgan fingerprint density at radius 2 is 2.12 bits per heavy atom. The van der Waals surface area contributed by atoms with Gasteiger partial charge in [-0.25, -0.2) is 0 Å². The highest BCUT2D eigenvalue weighted by atomic mass is 16.3. The maximum atomic E-state index is 11.6. The molecule has 0 aromatic heterocycles. The lowest BCUT2D eigenvalue weighted by Crippen LogP contribution is -2.46. The minimum Gasteiger partial charge on any atom is -0.393 e. The van der Waals surface area contributed by atoms with E-state index in [0.29, 0.717) is 19.3 Å². The van der Waals surface area contributed by atoms with Crippen molar-refractivity contribution >= 4 is 5.91 Å². The first-order valence-corrected chi connectivity index (χ1v) is 6.17. The van der Waals surface area contributed by atoms with Gasteiger partial charge in [0.25, 0.3) is 0 Å². The van der Waals surface area contributed by atoms with Crippen molar-refractivity contribution in [2.75, 3.05) is 0 Å². The largest absolute Gasteiger partial charge is 0.393 e. The van der Waals surface area contributed by atoms with Crippen molar-refractivity contribution in [1.82, 2.24) is 5.32 Å². The molecule has 1 amide bonds. The molecule has 0 aliphatic heterocycles. The Bertz CT molecular complexity index is 397. The number of nitrogens with one attached hydrogen (secondary N) is 1. The molecule has 0 unspecified atom stereocenters. The Hall–Kier alpha value is -1.35. The van der Waals surface area contributed by atoms with E-state index < -0.39 is 0 Å². The van der Waals surface area contributed by atoms with Gasteiger partial charge in [-0.1, -0.05) is 24.3 Å². The number of amides is 1. The highest BCUT2D eigenvalue weighted by Gasteiger charge is 2.27. The Kier molecular flexibility index (Phi) is 3.79. The third-order valence-corrected chi connectivity index (χ3v) is 3.36. The summed E-state index contributed by atoms with van der Waals surface area (Å²) in [5.41, 5.74) is 2.47. The summed E-state index contributed by atoms with van der Waals surface area (Å²) >= 11 is 0. The molecule has 0 heterocycles. The molecular weight excluding hydrogens is 214 g/mol. The Labute approximate surface area is 102 Å². The second-order valence-corrected chi connectivity index (χ2v) is 4.82. The van der Waals surface area contributed by atoms with Gasteiger partial charge in [0.05, 0.1) is 6.10 Å². The van der Waals surface area contributed by atoms with Crippen molar-refractivity contribution in [3.05, 3.63) is 35.4 Å². The highest BCUT2D eigenvalue weighted by Crippen LogP contribution is 2.19. The Morgan fingerprint density at radius 3 is 2.76 bits per heavy atom. The molecule has 3 heteroatoms. The van der Waals surface area contributed by atoms with Crippen LogP contribution in [0.15, 0.2) is 24.3 Å². The summed E-state index contributed by atoms with van der Waals surface area (Å²) in [7, 11) is 0.